The second-order valence-electron chi connectivity index (χ2n) is 13.8. The standard InChI is InChI=1S/C45H24N8OS3/c1-2-7-28-23-31-24-30(17-16-29(31)22-27(28)6-1)33-19-21-38(44-41(33)49-57-52-44)53(36-10-5-9-35-42(36)50-55-47-35)37-20-18-32(40-43(37)51-56-48-40)25-12-14-26(15-13-25)45-46-34-8-3-4-11-39(34)54-45/h1-24H. The molecule has 0 bridgehead atoms. The van der Waals surface area contributed by atoms with Crippen molar-refractivity contribution in [1.82, 2.24) is 31.2 Å². The van der Waals surface area contributed by atoms with Crippen molar-refractivity contribution in [3.8, 4) is 33.7 Å². The number of hydrogen-bond donors (Lipinski definition) is 0. The molecular weight excluding hydrogens is 765 g/mol. The van der Waals surface area contributed by atoms with Gasteiger partial charge in [-0.25, -0.2) is 4.98 Å². The van der Waals surface area contributed by atoms with Gasteiger partial charge in [0.05, 0.1) is 52.2 Å². The summed E-state index contributed by atoms with van der Waals surface area (Å²) in [6.07, 6.45) is 0. The van der Waals surface area contributed by atoms with Gasteiger partial charge in [-0.15, -0.1) is 0 Å². The van der Waals surface area contributed by atoms with Crippen molar-refractivity contribution in [2.45, 2.75) is 0 Å². The van der Waals surface area contributed by atoms with E-state index in [2.05, 4.69) is 111 Å². The highest BCUT2D eigenvalue weighted by molar-refractivity contribution is 7.00. The first-order valence-corrected chi connectivity index (χ1v) is 20.3. The molecular formula is C45H24N8OS3. The van der Waals surface area contributed by atoms with Gasteiger partial charge in [-0.3, -0.25) is 0 Å². The van der Waals surface area contributed by atoms with Crippen LogP contribution in [-0.4, -0.2) is 31.2 Å². The van der Waals surface area contributed by atoms with Crippen molar-refractivity contribution in [3.05, 3.63) is 146 Å². The molecule has 8 aromatic carbocycles. The monoisotopic (exact) mass is 788 g/mol. The topological polar surface area (TPSA) is 107 Å². The number of oxazole rings is 1. The fourth-order valence-corrected chi connectivity index (χ4v) is 9.47. The van der Waals surface area contributed by atoms with Crippen molar-refractivity contribution in [1.29, 1.82) is 0 Å². The lowest BCUT2D eigenvalue weighted by molar-refractivity contribution is 0.620. The molecule has 12 rings (SSSR count). The van der Waals surface area contributed by atoms with E-state index in [4.69, 9.17) is 26.3 Å². The number of aromatic nitrogens is 7. The Morgan fingerprint density at radius 1 is 0.386 bits per heavy atom. The van der Waals surface area contributed by atoms with E-state index in [1.54, 1.807) is 0 Å². The smallest absolute Gasteiger partial charge is 0.227 e. The van der Waals surface area contributed by atoms with Gasteiger partial charge in [0.1, 0.15) is 38.6 Å². The highest BCUT2D eigenvalue weighted by Crippen LogP contribution is 2.46. The largest absolute Gasteiger partial charge is 0.436 e. The molecule has 12 heteroatoms. The second kappa shape index (κ2) is 12.8. The van der Waals surface area contributed by atoms with Crippen LogP contribution >= 0.6 is 35.2 Å². The van der Waals surface area contributed by atoms with Gasteiger partial charge in [0, 0.05) is 16.7 Å². The predicted octanol–water partition coefficient (Wildman–Crippen LogP) is 12.6. The van der Waals surface area contributed by atoms with Crippen LogP contribution in [0.4, 0.5) is 17.1 Å². The first-order valence-electron chi connectivity index (χ1n) is 18.1. The molecule has 0 fully saturated rings. The molecule has 0 aliphatic rings. The highest BCUT2D eigenvalue weighted by Gasteiger charge is 2.26. The number of fused-ring (bicyclic) bond motifs is 6. The summed E-state index contributed by atoms with van der Waals surface area (Å²) in [6.45, 7) is 0. The molecule has 0 radical (unpaired) electrons. The number of rotatable bonds is 6. The van der Waals surface area contributed by atoms with E-state index in [0.717, 1.165) is 89.1 Å². The Morgan fingerprint density at radius 2 is 0.947 bits per heavy atom. The van der Waals surface area contributed by atoms with Crippen molar-refractivity contribution in [2.75, 3.05) is 4.90 Å². The van der Waals surface area contributed by atoms with E-state index >= 15 is 0 Å². The van der Waals surface area contributed by atoms with Gasteiger partial charge in [-0.05, 0) is 112 Å². The molecule has 9 nitrogen and oxygen atoms in total. The Morgan fingerprint density at radius 3 is 1.70 bits per heavy atom. The van der Waals surface area contributed by atoms with Gasteiger partial charge in [-0.1, -0.05) is 66.7 Å². The van der Waals surface area contributed by atoms with Gasteiger partial charge in [0.2, 0.25) is 5.89 Å². The zero-order valence-electron chi connectivity index (χ0n) is 29.6. The summed E-state index contributed by atoms with van der Waals surface area (Å²) in [4.78, 5) is 6.87. The summed E-state index contributed by atoms with van der Waals surface area (Å²) < 4.78 is 35.0. The van der Waals surface area contributed by atoms with E-state index < -0.39 is 0 Å². The minimum absolute atomic E-state index is 0.586. The van der Waals surface area contributed by atoms with Crippen LogP contribution in [-0.2, 0) is 0 Å². The summed E-state index contributed by atoms with van der Waals surface area (Å²) in [5.41, 5.74) is 13.9. The van der Waals surface area contributed by atoms with E-state index in [9.17, 15) is 0 Å². The Hall–Kier alpha value is -6.99. The minimum Gasteiger partial charge on any atom is -0.436 e. The molecule has 12 aromatic rings. The van der Waals surface area contributed by atoms with E-state index in [1.807, 2.05) is 48.5 Å². The summed E-state index contributed by atoms with van der Waals surface area (Å²) in [6, 6.07) is 50.2. The molecule has 4 heterocycles. The maximum absolute atomic E-state index is 6.04. The summed E-state index contributed by atoms with van der Waals surface area (Å²) in [5.74, 6) is 0.586. The zero-order valence-corrected chi connectivity index (χ0v) is 32.0. The van der Waals surface area contributed by atoms with Crippen molar-refractivity contribution in [3.63, 3.8) is 0 Å². The van der Waals surface area contributed by atoms with Crippen LogP contribution in [0.5, 0.6) is 0 Å². The molecule has 0 saturated heterocycles. The number of anilines is 3. The molecule has 268 valence electrons. The Bertz CT molecular complexity index is 3480. The van der Waals surface area contributed by atoms with Crippen LogP contribution in [0.15, 0.2) is 150 Å². The van der Waals surface area contributed by atoms with Crippen molar-refractivity contribution >= 4 is 118 Å². The van der Waals surface area contributed by atoms with E-state index in [1.165, 1.54) is 56.7 Å². The van der Waals surface area contributed by atoms with Crippen molar-refractivity contribution in [2.24, 2.45) is 0 Å². The van der Waals surface area contributed by atoms with Gasteiger partial charge >= 0.3 is 0 Å². The third-order valence-electron chi connectivity index (χ3n) is 10.5. The number of benzene rings is 8. The lowest BCUT2D eigenvalue weighted by Crippen LogP contribution is -2.12. The molecule has 57 heavy (non-hydrogen) atoms. The number of hydrogen-bond acceptors (Lipinski definition) is 12. The molecule has 0 amide bonds. The molecule has 0 spiro atoms. The highest BCUT2D eigenvalue weighted by atomic mass is 32.1. The molecule has 0 N–H and O–H groups in total. The summed E-state index contributed by atoms with van der Waals surface area (Å²) >= 11 is 3.60. The van der Waals surface area contributed by atoms with E-state index in [-0.39, 0.29) is 0 Å². The van der Waals surface area contributed by atoms with Crippen LogP contribution in [0.1, 0.15) is 0 Å². The average molecular weight is 789 g/mol. The number of para-hydroxylation sites is 2. The van der Waals surface area contributed by atoms with Crippen LogP contribution in [0, 0.1) is 0 Å². The van der Waals surface area contributed by atoms with Gasteiger partial charge in [0.15, 0.2) is 5.58 Å². The average Bonchev–Trinajstić information content (AvgIpc) is 4.10. The Labute approximate surface area is 336 Å². The lowest BCUT2D eigenvalue weighted by Gasteiger charge is -2.26. The summed E-state index contributed by atoms with van der Waals surface area (Å²) in [5, 5.41) is 4.81. The van der Waals surface area contributed by atoms with Crippen LogP contribution < -0.4 is 4.90 Å². The van der Waals surface area contributed by atoms with Crippen LogP contribution in [0.2, 0.25) is 0 Å². The van der Waals surface area contributed by atoms with E-state index in [0.29, 0.717) is 5.89 Å². The molecule has 0 saturated carbocycles. The third kappa shape index (κ3) is 5.22. The predicted molar refractivity (Wildman–Crippen MR) is 233 cm³/mol. The molecule has 0 aliphatic carbocycles. The quantitative estimate of drug-likeness (QED) is 0.152. The van der Waals surface area contributed by atoms with Gasteiger partial charge in [0.25, 0.3) is 0 Å². The van der Waals surface area contributed by atoms with Crippen LogP contribution in [0.25, 0.3) is 99.5 Å². The maximum Gasteiger partial charge on any atom is 0.227 e. The lowest BCUT2D eigenvalue weighted by atomic mass is 9.97. The maximum atomic E-state index is 6.04. The Kier molecular flexibility index (Phi) is 7.24. The van der Waals surface area contributed by atoms with Crippen molar-refractivity contribution < 1.29 is 4.42 Å². The Balaban J connectivity index is 0.998. The van der Waals surface area contributed by atoms with Gasteiger partial charge < -0.3 is 9.32 Å². The zero-order chi connectivity index (χ0) is 37.5. The number of nitrogens with zero attached hydrogens (tertiary/aromatic N) is 8. The fourth-order valence-electron chi connectivity index (χ4n) is 7.79. The SMILES string of the molecule is c1ccc2cc3cc(-c4ccc(N(c5cccc6nsnc56)c5ccc(-c6ccc(-c7nc8ccccc8o7)cc6)c6nsnc56)c5nsnc45)ccc3cc2c1. The fraction of sp³-hybridized carbons (Fsp3) is 0. The van der Waals surface area contributed by atoms with Gasteiger partial charge in [-0.2, -0.15) is 26.2 Å². The first kappa shape index (κ1) is 32.3. The molecule has 0 atom stereocenters. The minimum atomic E-state index is 0.586. The van der Waals surface area contributed by atoms with Crippen LogP contribution in [0.3, 0.4) is 0 Å². The molecule has 4 aromatic heterocycles. The third-order valence-corrected chi connectivity index (χ3v) is 12.1. The normalized spacial score (nSPS) is 11.9. The second-order valence-corrected chi connectivity index (χ2v) is 15.3. The molecule has 0 unspecified atom stereocenters. The first-order chi connectivity index (χ1) is 28.2. The molecule has 0 aliphatic heterocycles. The summed E-state index contributed by atoms with van der Waals surface area (Å²) in [7, 11) is 0.